The summed E-state index contributed by atoms with van der Waals surface area (Å²) >= 11 is 0. The van der Waals surface area contributed by atoms with Crippen LogP contribution >= 0.6 is 0 Å². The number of benzene rings is 2. The van der Waals surface area contributed by atoms with Gasteiger partial charge in [0, 0.05) is 30.6 Å². The molecule has 0 bridgehead atoms. The lowest BCUT2D eigenvalue weighted by Gasteiger charge is -2.31. The number of halogens is 1. The molecule has 7 heteroatoms. The van der Waals surface area contributed by atoms with E-state index in [0.717, 1.165) is 39.8 Å². The van der Waals surface area contributed by atoms with E-state index in [-0.39, 0.29) is 11.3 Å². The van der Waals surface area contributed by atoms with Gasteiger partial charge < -0.3 is 19.5 Å². The summed E-state index contributed by atoms with van der Waals surface area (Å²) in [5.74, 6) is -1.19. The largest absolute Gasteiger partial charge is 0.490 e. The average molecular weight is 540 g/mol. The van der Waals surface area contributed by atoms with Gasteiger partial charge in [-0.1, -0.05) is 20.8 Å². The van der Waals surface area contributed by atoms with Crippen molar-refractivity contribution in [3.63, 3.8) is 0 Å². The molecule has 0 aromatic heterocycles. The summed E-state index contributed by atoms with van der Waals surface area (Å²) in [6, 6.07) is 1.48. The summed E-state index contributed by atoms with van der Waals surface area (Å²) in [6.07, 6.45) is 0.638. The molecular formula is C32H42FNO5. The normalized spacial score (nSPS) is 16.0. The molecule has 0 unspecified atom stereocenters. The first kappa shape index (κ1) is 29.1. The number of ether oxygens (including phenoxy) is 2. The number of carbonyl (C=O) groups excluding carboxylic acids is 1. The summed E-state index contributed by atoms with van der Waals surface area (Å²) < 4.78 is 27.3. The molecule has 0 fully saturated rings. The van der Waals surface area contributed by atoms with Gasteiger partial charge in [0.05, 0.1) is 12.2 Å². The molecule has 0 spiro atoms. The van der Waals surface area contributed by atoms with Crippen molar-refractivity contribution in [2.75, 3.05) is 6.61 Å². The van der Waals surface area contributed by atoms with Gasteiger partial charge in [-0.2, -0.15) is 0 Å². The Morgan fingerprint density at radius 2 is 1.64 bits per heavy atom. The fraction of sp³-hybridized carbons (Fsp3) is 0.562. The maximum Gasteiger partial charge on any atom is 0.337 e. The van der Waals surface area contributed by atoms with Crippen LogP contribution < -0.4 is 4.74 Å². The van der Waals surface area contributed by atoms with Crippen LogP contribution in [0.15, 0.2) is 6.07 Å². The first-order valence-corrected chi connectivity index (χ1v) is 13.8. The van der Waals surface area contributed by atoms with E-state index < -0.39 is 23.5 Å². The Balaban J connectivity index is 1.99. The quantitative estimate of drug-likeness (QED) is 0.444. The van der Waals surface area contributed by atoms with Gasteiger partial charge in [-0.25, -0.2) is 9.18 Å². The van der Waals surface area contributed by atoms with Crippen LogP contribution in [0, 0.1) is 32.0 Å². The van der Waals surface area contributed by atoms with Gasteiger partial charge in [-0.3, -0.25) is 4.79 Å². The van der Waals surface area contributed by atoms with Crippen LogP contribution in [0.3, 0.4) is 0 Å². The maximum atomic E-state index is 15.5. The zero-order chi connectivity index (χ0) is 29.0. The predicted molar refractivity (Wildman–Crippen MR) is 149 cm³/mol. The second-order valence-electron chi connectivity index (χ2n) is 13.2. The number of nitrogens with zero attached hydrogens (tertiary/aromatic N) is 1. The molecule has 2 heterocycles. The Hall–Kier alpha value is -2.93. The Bertz CT molecular complexity index is 1330. The Kier molecular flexibility index (Phi) is 7.63. The van der Waals surface area contributed by atoms with Crippen molar-refractivity contribution in [3.8, 4) is 16.9 Å². The SMILES string of the molecule is Cc1c(-c2c(C)c3c(c(C)c2[C@H](OC(C)(C)C)C(=O)O)CN(C(=O)CC(C)(C)C)C3)cc(F)c2c1CCCO2. The summed E-state index contributed by atoms with van der Waals surface area (Å²) in [6.45, 7) is 18.7. The van der Waals surface area contributed by atoms with Crippen molar-refractivity contribution < 1.29 is 28.6 Å². The van der Waals surface area contributed by atoms with Gasteiger partial charge in [0.25, 0.3) is 0 Å². The van der Waals surface area contributed by atoms with Crippen molar-refractivity contribution in [2.24, 2.45) is 5.41 Å². The van der Waals surface area contributed by atoms with Crippen LogP contribution in [-0.2, 0) is 33.8 Å². The highest BCUT2D eigenvalue weighted by molar-refractivity contribution is 5.86. The van der Waals surface area contributed by atoms with Gasteiger partial charge in [-0.05, 0) is 105 Å². The van der Waals surface area contributed by atoms with Crippen molar-refractivity contribution in [1.29, 1.82) is 0 Å². The fourth-order valence-corrected chi connectivity index (χ4v) is 5.94. The van der Waals surface area contributed by atoms with Crippen LogP contribution in [0.2, 0.25) is 0 Å². The van der Waals surface area contributed by atoms with Crippen molar-refractivity contribution in [2.45, 2.75) is 106 Å². The molecule has 1 N–H and O–H groups in total. The average Bonchev–Trinajstić information content (AvgIpc) is 3.27. The summed E-state index contributed by atoms with van der Waals surface area (Å²) in [5.41, 5.74) is 6.27. The van der Waals surface area contributed by atoms with E-state index in [1.165, 1.54) is 6.07 Å². The minimum absolute atomic E-state index is 0.0643. The number of hydrogen-bond acceptors (Lipinski definition) is 4. The molecule has 212 valence electrons. The molecule has 2 aliphatic heterocycles. The predicted octanol–water partition coefficient (Wildman–Crippen LogP) is 6.96. The van der Waals surface area contributed by atoms with Crippen molar-refractivity contribution in [1.82, 2.24) is 4.90 Å². The van der Waals surface area contributed by atoms with E-state index in [4.69, 9.17) is 9.47 Å². The van der Waals surface area contributed by atoms with E-state index in [1.54, 1.807) is 0 Å². The van der Waals surface area contributed by atoms with Gasteiger partial charge in [0.1, 0.15) is 0 Å². The second kappa shape index (κ2) is 10.2. The van der Waals surface area contributed by atoms with E-state index in [2.05, 4.69) is 0 Å². The number of carbonyl (C=O) groups is 2. The lowest BCUT2D eigenvalue weighted by Crippen LogP contribution is -2.29. The van der Waals surface area contributed by atoms with E-state index in [0.29, 0.717) is 55.0 Å². The zero-order valence-corrected chi connectivity index (χ0v) is 24.8. The summed E-state index contributed by atoms with van der Waals surface area (Å²) in [5, 5.41) is 10.4. The van der Waals surface area contributed by atoms with Crippen molar-refractivity contribution in [3.05, 3.63) is 50.8 Å². The molecule has 1 atom stereocenters. The number of rotatable bonds is 5. The maximum absolute atomic E-state index is 15.5. The van der Waals surface area contributed by atoms with Crippen LogP contribution in [0.25, 0.3) is 11.1 Å². The van der Waals surface area contributed by atoms with Crippen LogP contribution in [0.5, 0.6) is 5.75 Å². The number of fused-ring (bicyclic) bond motifs is 2. The highest BCUT2D eigenvalue weighted by atomic mass is 19.1. The van der Waals surface area contributed by atoms with Crippen LogP contribution in [0.4, 0.5) is 4.39 Å². The van der Waals surface area contributed by atoms with Gasteiger partial charge in [0.2, 0.25) is 5.91 Å². The molecular weight excluding hydrogens is 497 g/mol. The molecule has 0 aliphatic carbocycles. The van der Waals surface area contributed by atoms with Crippen LogP contribution in [0.1, 0.15) is 99.4 Å². The third-order valence-electron chi connectivity index (χ3n) is 7.71. The first-order chi connectivity index (χ1) is 18.0. The molecule has 2 aliphatic rings. The smallest absolute Gasteiger partial charge is 0.337 e. The second-order valence-corrected chi connectivity index (χ2v) is 13.2. The number of carboxylic acid groups (broad SMARTS) is 1. The fourth-order valence-electron chi connectivity index (χ4n) is 5.94. The van der Waals surface area contributed by atoms with Crippen molar-refractivity contribution >= 4 is 11.9 Å². The van der Waals surface area contributed by atoms with E-state index >= 15 is 4.39 Å². The van der Waals surface area contributed by atoms with Gasteiger partial charge in [-0.15, -0.1) is 0 Å². The number of aliphatic carboxylic acids is 1. The topological polar surface area (TPSA) is 76.1 Å². The lowest BCUT2D eigenvalue weighted by molar-refractivity contribution is -0.160. The molecule has 0 saturated heterocycles. The molecule has 0 radical (unpaired) electrons. The number of carboxylic acids is 1. The monoisotopic (exact) mass is 539 g/mol. The third-order valence-corrected chi connectivity index (χ3v) is 7.71. The molecule has 0 saturated carbocycles. The van der Waals surface area contributed by atoms with Crippen LogP contribution in [-0.4, -0.2) is 34.1 Å². The molecule has 1 amide bonds. The first-order valence-electron chi connectivity index (χ1n) is 13.8. The summed E-state index contributed by atoms with van der Waals surface area (Å²) in [7, 11) is 0. The standard InChI is InChI=1S/C32H42FNO5/c1-17-20-11-10-12-38-28(20)24(33)13-21(17)26-18(2)22-15-34(25(35)14-31(4,5)6)16-23(22)19(3)27(26)29(30(36)37)39-32(7,8)9/h13,29H,10-12,14-16H2,1-9H3,(H,36,37)/t29-/m0/s1. The molecule has 6 nitrogen and oxygen atoms in total. The molecule has 39 heavy (non-hydrogen) atoms. The highest BCUT2D eigenvalue weighted by Gasteiger charge is 2.37. The minimum Gasteiger partial charge on any atom is -0.490 e. The Morgan fingerprint density at radius 1 is 1.03 bits per heavy atom. The summed E-state index contributed by atoms with van der Waals surface area (Å²) in [4.78, 5) is 27.8. The minimum atomic E-state index is -1.27. The molecule has 2 aromatic rings. The van der Waals surface area contributed by atoms with E-state index in [9.17, 15) is 14.7 Å². The zero-order valence-electron chi connectivity index (χ0n) is 24.8. The molecule has 2 aromatic carbocycles. The number of hydrogen-bond donors (Lipinski definition) is 1. The highest BCUT2D eigenvalue weighted by Crippen LogP contribution is 2.47. The third kappa shape index (κ3) is 5.69. The van der Waals surface area contributed by atoms with E-state index in [1.807, 2.05) is 67.2 Å². The Labute approximate surface area is 231 Å². The lowest BCUT2D eigenvalue weighted by atomic mass is 9.81. The molecule has 4 rings (SSSR count). The van der Waals surface area contributed by atoms with Gasteiger partial charge in [0.15, 0.2) is 17.7 Å². The number of amides is 1. The van der Waals surface area contributed by atoms with Gasteiger partial charge >= 0.3 is 5.97 Å². The Morgan fingerprint density at radius 3 is 2.21 bits per heavy atom.